The van der Waals surface area contributed by atoms with E-state index in [9.17, 15) is 0 Å². The van der Waals surface area contributed by atoms with E-state index in [1.54, 1.807) is 6.07 Å². The third-order valence-electron chi connectivity index (χ3n) is 11.0. The molecule has 2 nitrogen and oxygen atoms in total. The summed E-state index contributed by atoms with van der Waals surface area (Å²) in [6.45, 7) is 4.52. The van der Waals surface area contributed by atoms with E-state index in [0.717, 1.165) is 82.4 Å². The molecule has 0 bridgehead atoms. The molecule has 0 saturated carbocycles. The molecule has 2 heteroatoms. The molecule has 8 aromatic carbocycles. The van der Waals surface area contributed by atoms with Crippen LogP contribution in [0.1, 0.15) is 31.8 Å². The summed E-state index contributed by atoms with van der Waals surface area (Å²) in [5.41, 5.74) is 9.78. The number of para-hydroxylation sites is 2. The van der Waals surface area contributed by atoms with Crippen LogP contribution in [0.4, 0.5) is 0 Å². The van der Waals surface area contributed by atoms with Crippen molar-refractivity contribution in [2.24, 2.45) is 0 Å². The smallest absolute Gasteiger partial charge is 0.144 e. The summed E-state index contributed by atoms with van der Waals surface area (Å²) < 4.78 is 56.8. The number of fused-ring (bicyclic) bond motifs is 10. The molecule has 51 heavy (non-hydrogen) atoms. The maximum Gasteiger partial charge on any atom is 0.144 e. The summed E-state index contributed by atoms with van der Waals surface area (Å²) in [5, 5.41) is 7.00. The van der Waals surface area contributed by atoms with Gasteiger partial charge in [-0.05, 0) is 73.1 Å². The van der Waals surface area contributed by atoms with Gasteiger partial charge in [0.2, 0.25) is 0 Å². The SMILES string of the molecule is [2H]c1c([2H])c([2H])c(-c2cccc3c2oc2c4c(cc(-c5c6ccccc6c(-c6cc7ccccc7o6)c6ccccc56)c23)C(C)(C)c2ccccc2-4)c([2H])c1[2H]. The van der Waals surface area contributed by atoms with Crippen LogP contribution in [0.5, 0.6) is 0 Å². The Morgan fingerprint density at radius 1 is 0.490 bits per heavy atom. The molecule has 2 heterocycles. The van der Waals surface area contributed by atoms with Crippen molar-refractivity contribution in [2.75, 3.05) is 0 Å². The molecule has 0 aliphatic heterocycles. The minimum Gasteiger partial charge on any atom is -0.456 e. The average Bonchev–Trinajstić information content (AvgIpc) is 3.89. The molecule has 1 aliphatic carbocycles. The Morgan fingerprint density at radius 3 is 1.86 bits per heavy atom. The average molecular weight is 658 g/mol. The quantitative estimate of drug-likeness (QED) is 0.177. The summed E-state index contributed by atoms with van der Waals surface area (Å²) in [4.78, 5) is 0. The van der Waals surface area contributed by atoms with Gasteiger partial charge in [-0.15, -0.1) is 0 Å². The Kier molecular flexibility index (Phi) is 4.83. The maximum absolute atomic E-state index is 8.92. The number of furan rings is 2. The topological polar surface area (TPSA) is 26.3 Å². The van der Waals surface area contributed by atoms with Crippen molar-refractivity contribution in [2.45, 2.75) is 19.3 Å². The van der Waals surface area contributed by atoms with Crippen molar-refractivity contribution in [3.05, 3.63) is 169 Å². The van der Waals surface area contributed by atoms with Gasteiger partial charge >= 0.3 is 0 Å². The number of rotatable bonds is 3. The van der Waals surface area contributed by atoms with E-state index in [4.69, 9.17) is 15.7 Å². The predicted molar refractivity (Wildman–Crippen MR) is 212 cm³/mol. The summed E-state index contributed by atoms with van der Waals surface area (Å²) >= 11 is 0. The molecule has 0 fully saturated rings. The lowest BCUT2D eigenvalue weighted by atomic mass is 9.79. The molecular weight excluding hydrogens is 621 g/mol. The normalized spacial score (nSPS) is 14.8. The highest BCUT2D eigenvalue weighted by Crippen LogP contribution is 2.57. The van der Waals surface area contributed by atoms with E-state index in [0.29, 0.717) is 16.7 Å². The molecule has 1 aliphatic rings. The highest BCUT2D eigenvalue weighted by atomic mass is 16.3. The first kappa shape index (κ1) is 23.9. The molecular formula is C49H32O2. The van der Waals surface area contributed by atoms with Crippen LogP contribution >= 0.6 is 0 Å². The van der Waals surface area contributed by atoms with Crippen molar-refractivity contribution >= 4 is 54.5 Å². The van der Waals surface area contributed by atoms with E-state index in [-0.39, 0.29) is 35.1 Å². The van der Waals surface area contributed by atoms with Gasteiger partial charge in [-0.1, -0.05) is 153 Å². The zero-order chi connectivity index (χ0) is 38.2. The molecule has 0 atom stereocenters. The van der Waals surface area contributed by atoms with E-state index in [1.165, 1.54) is 5.56 Å². The van der Waals surface area contributed by atoms with E-state index in [1.807, 2.05) is 30.3 Å². The second-order valence-corrected chi connectivity index (χ2v) is 14.0. The van der Waals surface area contributed by atoms with Crippen molar-refractivity contribution < 1.29 is 15.7 Å². The van der Waals surface area contributed by atoms with E-state index < -0.39 is 6.04 Å². The minimum absolute atomic E-state index is 0.116. The van der Waals surface area contributed by atoms with Crippen LogP contribution in [0.2, 0.25) is 0 Å². The summed E-state index contributed by atoms with van der Waals surface area (Å²) in [6.07, 6.45) is 0. The van der Waals surface area contributed by atoms with Crippen molar-refractivity contribution in [3.8, 4) is 44.7 Å². The first-order chi connectivity index (χ1) is 27.1. The Balaban J connectivity index is 1.33. The standard InChI is InChI=1S/C49H32O2/c1-49(2)39-25-12-11-22-36(39)46-40(49)28-38(45-37-24-14-23-31(47(37)51-48(45)46)29-15-4-3-5-16-29)43-32-18-7-9-20-34(32)44(35-21-10-8-19-33(35)43)42-27-30-17-6-13-26-41(30)50-42/h3-28H,1-2H3/i3D,4D,5D,15D,16D. The monoisotopic (exact) mass is 657 g/mol. The van der Waals surface area contributed by atoms with Gasteiger partial charge in [0.15, 0.2) is 0 Å². The molecule has 0 saturated heterocycles. The van der Waals surface area contributed by atoms with Crippen molar-refractivity contribution in [1.82, 2.24) is 0 Å². The van der Waals surface area contributed by atoms with E-state index in [2.05, 4.69) is 105 Å². The van der Waals surface area contributed by atoms with Crippen LogP contribution in [0, 0.1) is 0 Å². The third kappa shape index (κ3) is 3.88. The first-order valence-electron chi connectivity index (χ1n) is 19.8. The lowest BCUT2D eigenvalue weighted by Gasteiger charge is -2.23. The molecule has 0 amide bonds. The minimum atomic E-state index is -0.427. The fourth-order valence-corrected chi connectivity index (χ4v) is 8.69. The van der Waals surface area contributed by atoms with Crippen molar-refractivity contribution in [1.29, 1.82) is 0 Å². The number of hydrogen-bond acceptors (Lipinski definition) is 2. The fraction of sp³-hybridized carbons (Fsp3) is 0.0612. The fourth-order valence-electron chi connectivity index (χ4n) is 8.69. The molecule has 0 radical (unpaired) electrons. The van der Waals surface area contributed by atoms with Gasteiger partial charge in [0, 0.05) is 38.3 Å². The third-order valence-corrected chi connectivity index (χ3v) is 11.0. The largest absolute Gasteiger partial charge is 0.456 e. The zero-order valence-electron chi connectivity index (χ0n) is 32.9. The highest BCUT2D eigenvalue weighted by molar-refractivity contribution is 6.28. The molecule has 11 rings (SSSR count). The molecule has 0 spiro atoms. The van der Waals surface area contributed by atoms with Gasteiger partial charge in [-0.25, -0.2) is 0 Å². The zero-order valence-corrected chi connectivity index (χ0v) is 27.9. The Bertz CT molecular complexity index is 3230. The van der Waals surface area contributed by atoms with Crippen molar-refractivity contribution in [3.63, 3.8) is 0 Å². The highest BCUT2D eigenvalue weighted by Gasteiger charge is 2.39. The lowest BCUT2D eigenvalue weighted by molar-refractivity contribution is 0.633. The van der Waals surface area contributed by atoms with E-state index >= 15 is 0 Å². The molecule has 2 aromatic heterocycles. The summed E-state index contributed by atoms with van der Waals surface area (Å²) in [7, 11) is 0. The maximum atomic E-state index is 8.92. The molecule has 10 aromatic rings. The van der Waals surface area contributed by atoms with Gasteiger partial charge in [-0.2, -0.15) is 0 Å². The van der Waals surface area contributed by atoms with Crippen LogP contribution in [-0.4, -0.2) is 0 Å². The Labute approximate surface area is 302 Å². The van der Waals surface area contributed by atoms with Crippen LogP contribution < -0.4 is 0 Å². The molecule has 0 N–H and O–H groups in total. The summed E-state index contributed by atoms with van der Waals surface area (Å²) in [6, 6.07) is 42.1. The van der Waals surface area contributed by atoms with Crippen LogP contribution in [0.15, 0.2) is 166 Å². The van der Waals surface area contributed by atoms with Crippen LogP contribution in [0.3, 0.4) is 0 Å². The Hall–Kier alpha value is -6.38. The number of benzene rings is 8. The first-order valence-corrected chi connectivity index (χ1v) is 17.3. The lowest BCUT2D eigenvalue weighted by Crippen LogP contribution is -2.15. The second kappa shape index (κ2) is 10.3. The second-order valence-electron chi connectivity index (χ2n) is 14.0. The van der Waals surface area contributed by atoms with Crippen LogP contribution in [-0.2, 0) is 5.41 Å². The summed E-state index contributed by atoms with van der Waals surface area (Å²) in [5.74, 6) is 0.804. The predicted octanol–water partition coefficient (Wildman–Crippen LogP) is 13.9. The molecule has 0 unspecified atom stereocenters. The van der Waals surface area contributed by atoms with Gasteiger partial charge < -0.3 is 8.83 Å². The van der Waals surface area contributed by atoms with Gasteiger partial charge in [0.25, 0.3) is 0 Å². The van der Waals surface area contributed by atoms with Crippen LogP contribution in [0.25, 0.3) is 99.2 Å². The van der Waals surface area contributed by atoms with Gasteiger partial charge in [0.1, 0.15) is 22.5 Å². The Morgan fingerprint density at radius 2 is 1.12 bits per heavy atom. The van der Waals surface area contributed by atoms with Gasteiger partial charge in [0.05, 0.1) is 6.85 Å². The number of hydrogen-bond donors (Lipinski definition) is 0. The molecule has 240 valence electrons. The van der Waals surface area contributed by atoms with Gasteiger partial charge in [-0.3, -0.25) is 0 Å².